The summed E-state index contributed by atoms with van der Waals surface area (Å²) in [6.45, 7) is 0.241. The van der Waals surface area contributed by atoms with E-state index in [1.54, 1.807) is 11.8 Å². The number of nitrogens with one attached hydrogen (secondary N) is 2. The summed E-state index contributed by atoms with van der Waals surface area (Å²) >= 11 is 5.07. The van der Waals surface area contributed by atoms with Crippen LogP contribution in [0.15, 0.2) is 57.9 Å². The molecule has 0 aliphatic heterocycles. The molecule has 2 aromatic carbocycles. The fourth-order valence-corrected chi connectivity index (χ4v) is 2.47. The summed E-state index contributed by atoms with van der Waals surface area (Å²) in [5, 5.41) is 5.94. The first-order chi connectivity index (χ1) is 9.67. The Hall–Kier alpha value is -1.46. The molecule has 0 aliphatic rings. The van der Waals surface area contributed by atoms with Crippen LogP contribution in [0.2, 0.25) is 0 Å². The molecule has 0 aliphatic carbocycles. The van der Waals surface area contributed by atoms with Crippen LogP contribution in [0.5, 0.6) is 0 Å². The highest BCUT2D eigenvalue weighted by molar-refractivity contribution is 9.10. The van der Waals surface area contributed by atoms with E-state index in [1.165, 1.54) is 4.90 Å². The first-order valence-corrected chi connectivity index (χ1v) is 8.12. The van der Waals surface area contributed by atoms with Crippen LogP contribution in [0.25, 0.3) is 0 Å². The summed E-state index contributed by atoms with van der Waals surface area (Å²) in [6, 6.07) is 15.5. The van der Waals surface area contributed by atoms with Crippen LogP contribution in [0.1, 0.15) is 0 Å². The highest BCUT2D eigenvalue weighted by atomic mass is 79.9. The molecular weight excluding hydrogens is 336 g/mol. The van der Waals surface area contributed by atoms with Crippen molar-refractivity contribution in [1.29, 1.82) is 0 Å². The maximum absolute atomic E-state index is 11.8. The minimum atomic E-state index is -0.0722. The van der Waals surface area contributed by atoms with Gasteiger partial charge >= 0.3 is 0 Å². The van der Waals surface area contributed by atoms with Crippen LogP contribution in [-0.4, -0.2) is 18.7 Å². The summed E-state index contributed by atoms with van der Waals surface area (Å²) in [5.41, 5.74) is 1.72. The Morgan fingerprint density at radius 1 is 1.15 bits per heavy atom. The van der Waals surface area contributed by atoms with Crippen LogP contribution < -0.4 is 10.6 Å². The lowest BCUT2D eigenvalue weighted by Crippen LogP contribution is -2.21. The second-order valence-electron chi connectivity index (χ2n) is 4.14. The molecule has 104 valence electrons. The minimum Gasteiger partial charge on any atom is -0.376 e. The zero-order chi connectivity index (χ0) is 14.4. The Labute approximate surface area is 131 Å². The van der Waals surface area contributed by atoms with Crippen molar-refractivity contribution in [2.75, 3.05) is 23.4 Å². The number of hydrogen-bond donors (Lipinski definition) is 2. The van der Waals surface area contributed by atoms with Gasteiger partial charge in [-0.15, -0.1) is 11.8 Å². The number of halogens is 1. The highest BCUT2D eigenvalue weighted by Gasteiger charge is 2.02. The molecule has 0 heterocycles. The Bertz CT molecular complexity index is 587. The minimum absolute atomic E-state index is 0.0722. The number of carbonyl (C=O) groups excluding carboxylic acids is 1. The van der Waals surface area contributed by atoms with E-state index in [1.807, 2.05) is 54.8 Å². The van der Waals surface area contributed by atoms with Gasteiger partial charge in [-0.3, -0.25) is 4.79 Å². The van der Waals surface area contributed by atoms with Crippen molar-refractivity contribution in [2.45, 2.75) is 4.90 Å². The van der Waals surface area contributed by atoms with E-state index in [0.717, 1.165) is 15.8 Å². The molecule has 2 aromatic rings. The molecule has 1 amide bonds. The lowest BCUT2D eigenvalue weighted by molar-refractivity contribution is -0.114. The Kier molecular flexibility index (Phi) is 5.49. The van der Waals surface area contributed by atoms with Crippen molar-refractivity contribution in [1.82, 2.24) is 0 Å². The molecule has 0 radical (unpaired) electrons. The molecule has 5 heteroatoms. The molecule has 0 unspecified atom stereocenters. The molecule has 3 nitrogen and oxygen atoms in total. The number of anilines is 2. The average Bonchev–Trinajstić information content (AvgIpc) is 2.46. The van der Waals surface area contributed by atoms with Crippen molar-refractivity contribution < 1.29 is 4.79 Å². The maximum Gasteiger partial charge on any atom is 0.243 e. The Morgan fingerprint density at radius 3 is 2.55 bits per heavy atom. The number of benzene rings is 2. The fourth-order valence-electron chi connectivity index (χ4n) is 1.66. The van der Waals surface area contributed by atoms with E-state index in [0.29, 0.717) is 0 Å². The van der Waals surface area contributed by atoms with Crippen LogP contribution in [0, 0.1) is 0 Å². The van der Waals surface area contributed by atoms with Gasteiger partial charge in [-0.05, 0) is 48.7 Å². The van der Waals surface area contributed by atoms with Crippen molar-refractivity contribution in [2.24, 2.45) is 0 Å². The van der Waals surface area contributed by atoms with E-state index >= 15 is 0 Å². The predicted octanol–water partition coefficient (Wildman–Crippen LogP) is 4.22. The normalized spacial score (nSPS) is 10.1. The number of rotatable bonds is 5. The average molecular weight is 351 g/mol. The van der Waals surface area contributed by atoms with Gasteiger partial charge in [0.2, 0.25) is 5.91 Å². The zero-order valence-corrected chi connectivity index (χ0v) is 13.4. The molecule has 0 aromatic heterocycles. The van der Waals surface area contributed by atoms with Crippen molar-refractivity contribution in [3.8, 4) is 0 Å². The smallest absolute Gasteiger partial charge is 0.243 e. The zero-order valence-electron chi connectivity index (χ0n) is 11.0. The lowest BCUT2D eigenvalue weighted by atomic mass is 10.3. The third-order valence-electron chi connectivity index (χ3n) is 2.65. The van der Waals surface area contributed by atoms with Crippen LogP contribution in [0.4, 0.5) is 11.4 Å². The molecule has 0 bridgehead atoms. The Morgan fingerprint density at radius 2 is 1.90 bits per heavy atom. The van der Waals surface area contributed by atoms with Crippen molar-refractivity contribution in [3.05, 3.63) is 53.0 Å². The largest absolute Gasteiger partial charge is 0.376 e. The number of amides is 1. The van der Waals surface area contributed by atoms with E-state index < -0.39 is 0 Å². The Balaban J connectivity index is 1.85. The lowest BCUT2D eigenvalue weighted by Gasteiger charge is -2.08. The van der Waals surface area contributed by atoms with Crippen molar-refractivity contribution >= 4 is 45.0 Å². The van der Waals surface area contributed by atoms with Crippen molar-refractivity contribution in [3.63, 3.8) is 0 Å². The van der Waals surface area contributed by atoms with Gasteiger partial charge in [-0.2, -0.15) is 0 Å². The summed E-state index contributed by atoms with van der Waals surface area (Å²) in [6.07, 6.45) is 2.04. The van der Waals surface area contributed by atoms with Gasteiger partial charge in [0.05, 0.1) is 6.54 Å². The standard InChI is InChI=1S/C15H15BrN2OS/c1-20-14-7-5-12(6-8-14)17-10-15(19)18-13-4-2-3-11(16)9-13/h2-9,17H,10H2,1H3,(H,18,19). The molecule has 0 atom stereocenters. The predicted molar refractivity (Wildman–Crippen MR) is 89.5 cm³/mol. The highest BCUT2D eigenvalue weighted by Crippen LogP contribution is 2.18. The first kappa shape index (κ1) is 14.9. The summed E-state index contributed by atoms with van der Waals surface area (Å²) in [4.78, 5) is 13.0. The third-order valence-corrected chi connectivity index (χ3v) is 3.89. The topological polar surface area (TPSA) is 41.1 Å². The third kappa shape index (κ3) is 4.58. The second kappa shape index (κ2) is 7.36. The first-order valence-electron chi connectivity index (χ1n) is 6.11. The summed E-state index contributed by atoms with van der Waals surface area (Å²) < 4.78 is 0.941. The molecular formula is C15H15BrN2OS. The van der Waals surface area contributed by atoms with Crippen LogP contribution in [-0.2, 0) is 4.79 Å². The van der Waals surface area contributed by atoms with Gasteiger partial charge in [0.25, 0.3) is 0 Å². The molecule has 20 heavy (non-hydrogen) atoms. The monoisotopic (exact) mass is 350 g/mol. The van der Waals surface area contributed by atoms with E-state index in [9.17, 15) is 4.79 Å². The summed E-state index contributed by atoms with van der Waals surface area (Å²) in [5.74, 6) is -0.0722. The van der Waals surface area contributed by atoms with E-state index in [-0.39, 0.29) is 12.5 Å². The van der Waals surface area contributed by atoms with Gasteiger partial charge in [0.15, 0.2) is 0 Å². The fraction of sp³-hybridized carbons (Fsp3) is 0.133. The van der Waals surface area contributed by atoms with Gasteiger partial charge in [-0.25, -0.2) is 0 Å². The van der Waals surface area contributed by atoms with Gasteiger partial charge in [-0.1, -0.05) is 22.0 Å². The molecule has 2 rings (SSSR count). The number of thioether (sulfide) groups is 1. The summed E-state index contributed by atoms with van der Waals surface area (Å²) in [7, 11) is 0. The van der Waals surface area contributed by atoms with E-state index in [4.69, 9.17) is 0 Å². The van der Waals surface area contributed by atoms with E-state index in [2.05, 4.69) is 26.6 Å². The molecule has 2 N–H and O–H groups in total. The van der Waals surface area contributed by atoms with Crippen LogP contribution >= 0.6 is 27.7 Å². The van der Waals surface area contributed by atoms with Crippen LogP contribution in [0.3, 0.4) is 0 Å². The number of hydrogen-bond acceptors (Lipinski definition) is 3. The quantitative estimate of drug-likeness (QED) is 0.793. The molecule has 0 fully saturated rings. The number of carbonyl (C=O) groups is 1. The SMILES string of the molecule is CSc1ccc(NCC(=O)Nc2cccc(Br)c2)cc1. The molecule has 0 saturated heterocycles. The molecule has 0 saturated carbocycles. The van der Waals surface area contributed by atoms with Gasteiger partial charge in [0, 0.05) is 20.7 Å². The van der Waals surface area contributed by atoms with Gasteiger partial charge < -0.3 is 10.6 Å². The maximum atomic E-state index is 11.8. The van der Waals surface area contributed by atoms with Gasteiger partial charge in [0.1, 0.15) is 0 Å². The second-order valence-corrected chi connectivity index (χ2v) is 5.94. The molecule has 0 spiro atoms.